The minimum Gasteiger partial charge on any atom is -0.330 e. The standard InChI is InChI=1S/C11H20N2S/c1-8-3-4-14-11(8)9(2)5-10(6-12)7-13/h3-4,9-10H,5-7,12-13H2,1-2H3. The molecule has 1 unspecified atom stereocenters. The molecule has 80 valence electrons. The lowest BCUT2D eigenvalue weighted by Gasteiger charge is -2.17. The molecule has 0 aromatic carbocycles. The van der Waals surface area contributed by atoms with Crippen molar-refractivity contribution in [2.75, 3.05) is 13.1 Å². The van der Waals surface area contributed by atoms with Crippen LogP contribution in [0, 0.1) is 12.8 Å². The van der Waals surface area contributed by atoms with E-state index in [1.807, 2.05) is 11.3 Å². The molecule has 1 atom stereocenters. The first kappa shape index (κ1) is 11.7. The van der Waals surface area contributed by atoms with Crippen LogP contribution in [0.4, 0.5) is 0 Å². The van der Waals surface area contributed by atoms with Crippen LogP contribution in [0.3, 0.4) is 0 Å². The smallest absolute Gasteiger partial charge is 0.0103 e. The van der Waals surface area contributed by atoms with E-state index in [9.17, 15) is 0 Å². The summed E-state index contributed by atoms with van der Waals surface area (Å²) in [4.78, 5) is 1.48. The normalized spacial score (nSPS) is 13.5. The molecule has 2 nitrogen and oxygen atoms in total. The third-order valence-corrected chi connectivity index (χ3v) is 3.95. The fraction of sp³-hybridized carbons (Fsp3) is 0.636. The summed E-state index contributed by atoms with van der Waals surface area (Å²) in [7, 11) is 0. The van der Waals surface area contributed by atoms with Gasteiger partial charge in [0.25, 0.3) is 0 Å². The second-order valence-electron chi connectivity index (χ2n) is 3.94. The van der Waals surface area contributed by atoms with Crippen molar-refractivity contribution in [3.63, 3.8) is 0 Å². The zero-order valence-corrected chi connectivity index (χ0v) is 9.81. The topological polar surface area (TPSA) is 52.0 Å². The van der Waals surface area contributed by atoms with Crippen LogP contribution in [-0.4, -0.2) is 13.1 Å². The van der Waals surface area contributed by atoms with Crippen LogP contribution in [0.1, 0.15) is 29.7 Å². The molecule has 0 spiro atoms. The van der Waals surface area contributed by atoms with Crippen molar-refractivity contribution < 1.29 is 0 Å². The number of aryl methyl sites for hydroxylation is 1. The summed E-state index contributed by atoms with van der Waals surface area (Å²) in [6.07, 6.45) is 1.11. The Balaban J connectivity index is 2.58. The summed E-state index contributed by atoms with van der Waals surface area (Å²) in [6.45, 7) is 5.83. The van der Waals surface area contributed by atoms with Gasteiger partial charge in [-0.15, -0.1) is 11.3 Å². The van der Waals surface area contributed by atoms with Crippen molar-refractivity contribution in [2.45, 2.75) is 26.2 Å². The van der Waals surface area contributed by atoms with E-state index in [4.69, 9.17) is 11.5 Å². The van der Waals surface area contributed by atoms with Gasteiger partial charge in [-0.1, -0.05) is 6.92 Å². The molecular weight excluding hydrogens is 192 g/mol. The predicted molar refractivity (Wildman–Crippen MR) is 63.7 cm³/mol. The van der Waals surface area contributed by atoms with Gasteiger partial charge in [-0.05, 0) is 55.3 Å². The van der Waals surface area contributed by atoms with Crippen molar-refractivity contribution in [1.29, 1.82) is 0 Å². The van der Waals surface area contributed by atoms with E-state index in [0.717, 1.165) is 6.42 Å². The highest BCUT2D eigenvalue weighted by molar-refractivity contribution is 7.10. The van der Waals surface area contributed by atoms with Crippen molar-refractivity contribution in [1.82, 2.24) is 0 Å². The minimum absolute atomic E-state index is 0.464. The SMILES string of the molecule is Cc1ccsc1C(C)CC(CN)CN. The maximum Gasteiger partial charge on any atom is 0.0103 e. The van der Waals surface area contributed by atoms with Gasteiger partial charge in [0.2, 0.25) is 0 Å². The molecule has 1 aromatic rings. The van der Waals surface area contributed by atoms with Gasteiger partial charge >= 0.3 is 0 Å². The summed E-state index contributed by atoms with van der Waals surface area (Å²) in [5.74, 6) is 1.05. The Kier molecular flexibility index (Phi) is 4.58. The molecule has 0 amide bonds. The first-order chi connectivity index (χ1) is 6.69. The lowest BCUT2D eigenvalue weighted by atomic mass is 9.93. The van der Waals surface area contributed by atoms with Crippen molar-refractivity contribution in [3.05, 3.63) is 21.9 Å². The van der Waals surface area contributed by atoms with Gasteiger partial charge in [-0.2, -0.15) is 0 Å². The van der Waals surface area contributed by atoms with Gasteiger partial charge in [0.1, 0.15) is 0 Å². The average molecular weight is 212 g/mol. The number of hydrogen-bond donors (Lipinski definition) is 2. The van der Waals surface area contributed by atoms with E-state index >= 15 is 0 Å². The maximum absolute atomic E-state index is 5.65. The zero-order chi connectivity index (χ0) is 10.6. The number of thiophene rings is 1. The van der Waals surface area contributed by atoms with Gasteiger partial charge in [0.15, 0.2) is 0 Å². The van der Waals surface area contributed by atoms with Crippen LogP contribution in [0.5, 0.6) is 0 Å². The summed E-state index contributed by atoms with van der Waals surface area (Å²) in [5, 5.41) is 2.15. The molecule has 0 saturated heterocycles. The second kappa shape index (κ2) is 5.49. The highest BCUT2D eigenvalue weighted by Crippen LogP contribution is 2.29. The Morgan fingerprint density at radius 2 is 2.00 bits per heavy atom. The molecule has 1 aromatic heterocycles. The molecule has 1 heterocycles. The molecule has 0 aliphatic rings. The Hall–Kier alpha value is -0.380. The zero-order valence-electron chi connectivity index (χ0n) is 8.99. The lowest BCUT2D eigenvalue weighted by molar-refractivity contribution is 0.468. The average Bonchev–Trinajstić information content (AvgIpc) is 2.60. The van der Waals surface area contributed by atoms with E-state index in [0.29, 0.717) is 24.9 Å². The highest BCUT2D eigenvalue weighted by atomic mass is 32.1. The molecule has 4 N–H and O–H groups in total. The fourth-order valence-electron chi connectivity index (χ4n) is 1.78. The summed E-state index contributed by atoms with van der Waals surface area (Å²) in [5.41, 5.74) is 12.7. The number of nitrogens with two attached hydrogens (primary N) is 2. The second-order valence-corrected chi connectivity index (χ2v) is 4.89. The molecule has 0 aliphatic heterocycles. The van der Waals surface area contributed by atoms with Gasteiger partial charge in [0.05, 0.1) is 0 Å². The Morgan fingerprint density at radius 3 is 2.43 bits per heavy atom. The summed E-state index contributed by atoms with van der Waals surface area (Å²) >= 11 is 1.84. The fourth-order valence-corrected chi connectivity index (χ4v) is 2.79. The lowest BCUT2D eigenvalue weighted by Crippen LogP contribution is -2.24. The molecule has 0 fully saturated rings. The van der Waals surface area contributed by atoms with Gasteiger partial charge in [0, 0.05) is 4.88 Å². The van der Waals surface area contributed by atoms with E-state index in [1.165, 1.54) is 10.4 Å². The first-order valence-electron chi connectivity index (χ1n) is 5.13. The summed E-state index contributed by atoms with van der Waals surface area (Å²) < 4.78 is 0. The maximum atomic E-state index is 5.65. The van der Waals surface area contributed by atoms with Gasteiger partial charge in [-0.25, -0.2) is 0 Å². The van der Waals surface area contributed by atoms with E-state index in [2.05, 4.69) is 25.3 Å². The van der Waals surface area contributed by atoms with Crippen LogP contribution >= 0.6 is 11.3 Å². The van der Waals surface area contributed by atoms with Crippen LogP contribution in [0.15, 0.2) is 11.4 Å². The van der Waals surface area contributed by atoms with E-state index in [-0.39, 0.29) is 0 Å². The summed E-state index contributed by atoms with van der Waals surface area (Å²) in [6, 6.07) is 2.18. The molecule has 3 heteroatoms. The molecule has 0 radical (unpaired) electrons. The van der Waals surface area contributed by atoms with Crippen LogP contribution in [-0.2, 0) is 0 Å². The first-order valence-corrected chi connectivity index (χ1v) is 6.01. The third kappa shape index (κ3) is 2.80. The molecular formula is C11H20N2S. The quantitative estimate of drug-likeness (QED) is 0.785. The van der Waals surface area contributed by atoms with E-state index in [1.54, 1.807) is 0 Å². The Labute approximate surface area is 90.3 Å². The van der Waals surface area contributed by atoms with Crippen LogP contribution in [0.25, 0.3) is 0 Å². The monoisotopic (exact) mass is 212 g/mol. The predicted octanol–water partition coefficient (Wildman–Crippen LogP) is 2.08. The number of rotatable bonds is 5. The third-order valence-electron chi connectivity index (χ3n) is 2.70. The molecule has 0 saturated carbocycles. The molecule has 14 heavy (non-hydrogen) atoms. The molecule has 1 rings (SSSR count). The van der Waals surface area contributed by atoms with Gasteiger partial charge in [-0.3, -0.25) is 0 Å². The minimum atomic E-state index is 0.464. The van der Waals surface area contributed by atoms with Crippen molar-refractivity contribution in [3.8, 4) is 0 Å². The molecule has 0 bridgehead atoms. The van der Waals surface area contributed by atoms with E-state index < -0.39 is 0 Å². The Bertz CT molecular complexity index is 266. The van der Waals surface area contributed by atoms with Gasteiger partial charge < -0.3 is 11.5 Å². The van der Waals surface area contributed by atoms with Crippen molar-refractivity contribution >= 4 is 11.3 Å². The van der Waals surface area contributed by atoms with Crippen LogP contribution < -0.4 is 11.5 Å². The largest absolute Gasteiger partial charge is 0.330 e. The van der Waals surface area contributed by atoms with Crippen LogP contribution in [0.2, 0.25) is 0 Å². The Morgan fingerprint density at radius 1 is 1.36 bits per heavy atom. The molecule has 0 aliphatic carbocycles. The number of hydrogen-bond acceptors (Lipinski definition) is 3. The highest BCUT2D eigenvalue weighted by Gasteiger charge is 2.14. The van der Waals surface area contributed by atoms with Crippen molar-refractivity contribution in [2.24, 2.45) is 17.4 Å².